The van der Waals surface area contributed by atoms with Gasteiger partial charge in [-0.25, -0.2) is 4.79 Å². The molecule has 0 atom stereocenters. The lowest BCUT2D eigenvalue weighted by atomic mass is 10.1. The van der Waals surface area contributed by atoms with Gasteiger partial charge in [0.25, 0.3) is 5.91 Å². The molecular weight excluding hydrogens is 296 g/mol. The van der Waals surface area contributed by atoms with E-state index in [1.807, 2.05) is 11.8 Å². The molecule has 0 saturated carbocycles. The summed E-state index contributed by atoms with van der Waals surface area (Å²) in [4.78, 5) is 44.7. The molecule has 23 heavy (non-hydrogen) atoms. The molecule has 0 unspecified atom stereocenters. The van der Waals surface area contributed by atoms with E-state index in [4.69, 9.17) is 0 Å². The van der Waals surface area contributed by atoms with Crippen LogP contribution in [0.5, 0.6) is 0 Å². The molecule has 0 aliphatic carbocycles. The number of aromatic amines is 2. The van der Waals surface area contributed by atoms with Gasteiger partial charge in [0, 0.05) is 38.2 Å². The second-order valence-electron chi connectivity index (χ2n) is 5.72. The van der Waals surface area contributed by atoms with Gasteiger partial charge in [-0.2, -0.15) is 0 Å². The van der Waals surface area contributed by atoms with Gasteiger partial charge in [0.2, 0.25) is 5.91 Å². The molecule has 3 rings (SSSR count). The second kappa shape index (κ2) is 6.28. The maximum atomic E-state index is 12.7. The largest absolute Gasteiger partial charge is 0.341 e. The molecule has 0 radical (unpaired) electrons. The van der Waals surface area contributed by atoms with Crippen LogP contribution in [-0.4, -0.2) is 57.8 Å². The van der Waals surface area contributed by atoms with Crippen molar-refractivity contribution in [1.82, 2.24) is 19.8 Å². The predicted molar refractivity (Wildman–Crippen MR) is 86.3 cm³/mol. The molecule has 122 valence electrons. The molecule has 1 saturated heterocycles. The Hall–Kier alpha value is -2.57. The molecule has 0 bridgehead atoms. The van der Waals surface area contributed by atoms with Crippen LogP contribution in [0.2, 0.25) is 0 Å². The van der Waals surface area contributed by atoms with Crippen LogP contribution >= 0.6 is 0 Å². The number of H-pyrrole nitrogens is 2. The van der Waals surface area contributed by atoms with Gasteiger partial charge in [0.15, 0.2) is 0 Å². The lowest BCUT2D eigenvalue weighted by molar-refractivity contribution is -0.130. The summed E-state index contributed by atoms with van der Waals surface area (Å²) in [6.45, 7) is 4.28. The number of aromatic nitrogens is 2. The molecule has 1 aromatic carbocycles. The van der Waals surface area contributed by atoms with Gasteiger partial charge in [-0.1, -0.05) is 6.92 Å². The molecular formula is C16H20N4O3. The van der Waals surface area contributed by atoms with E-state index in [2.05, 4.69) is 9.97 Å². The van der Waals surface area contributed by atoms with Crippen molar-refractivity contribution in [2.24, 2.45) is 0 Å². The van der Waals surface area contributed by atoms with Crippen LogP contribution in [0, 0.1) is 0 Å². The number of amides is 2. The summed E-state index contributed by atoms with van der Waals surface area (Å²) in [6, 6.07) is 5.13. The maximum Gasteiger partial charge on any atom is 0.323 e. The zero-order chi connectivity index (χ0) is 16.4. The van der Waals surface area contributed by atoms with Crippen molar-refractivity contribution in [1.29, 1.82) is 0 Å². The first-order chi connectivity index (χ1) is 11.1. The van der Waals surface area contributed by atoms with Crippen molar-refractivity contribution in [3.05, 3.63) is 34.2 Å². The molecule has 1 aliphatic heterocycles. The third-order valence-electron chi connectivity index (χ3n) is 4.20. The van der Waals surface area contributed by atoms with Crippen molar-refractivity contribution in [2.45, 2.75) is 19.8 Å². The predicted octanol–water partition coefficient (Wildman–Crippen LogP) is 0.941. The number of imidazole rings is 1. The number of hydrogen-bond acceptors (Lipinski definition) is 3. The Labute approximate surface area is 133 Å². The first-order valence-corrected chi connectivity index (χ1v) is 7.87. The van der Waals surface area contributed by atoms with Crippen molar-refractivity contribution in [2.75, 3.05) is 26.2 Å². The van der Waals surface area contributed by atoms with Crippen LogP contribution in [0.1, 0.15) is 30.1 Å². The molecule has 2 amide bonds. The standard InChI is InChI=1S/C16H20N4O3/c1-2-14(21)19-6-3-7-20(9-8-19)15(22)11-4-5-12-13(10-11)18-16(23)17-12/h4-5,10H,2-3,6-9H2,1H3,(H2,17,18,23). The lowest BCUT2D eigenvalue weighted by Crippen LogP contribution is -2.37. The fourth-order valence-corrected chi connectivity index (χ4v) is 2.94. The number of nitrogens with zero attached hydrogens (tertiary/aromatic N) is 2. The van der Waals surface area contributed by atoms with Gasteiger partial charge in [-0.15, -0.1) is 0 Å². The van der Waals surface area contributed by atoms with E-state index in [-0.39, 0.29) is 17.5 Å². The Morgan fingerprint density at radius 3 is 2.52 bits per heavy atom. The van der Waals surface area contributed by atoms with Crippen LogP contribution in [0.4, 0.5) is 0 Å². The fraction of sp³-hybridized carbons (Fsp3) is 0.438. The van der Waals surface area contributed by atoms with Crippen LogP contribution < -0.4 is 5.69 Å². The molecule has 1 fully saturated rings. The molecule has 1 aromatic heterocycles. The first kappa shape index (κ1) is 15.3. The van der Waals surface area contributed by atoms with E-state index < -0.39 is 0 Å². The van der Waals surface area contributed by atoms with Crippen LogP contribution in [0.25, 0.3) is 11.0 Å². The van der Waals surface area contributed by atoms with E-state index in [0.717, 1.165) is 6.42 Å². The SMILES string of the molecule is CCC(=O)N1CCCN(C(=O)c2ccc3[nH]c(=O)[nH]c3c2)CC1. The number of carbonyl (C=O) groups excluding carboxylic acids is 2. The van der Waals surface area contributed by atoms with E-state index in [9.17, 15) is 14.4 Å². The molecule has 2 N–H and O–H groups in total. The van der Waals surface area contributed by atoms with Crippen molar-refractivity contribution in [3.8, 4) is 0 Å². The molecule has 0 spiro atoms. The van der Waals surface area contributed by atoms with Gasteiger partial charge in [-0.05, 0) is 24.6 Å². The average Bonchev–Trinajstić information content (AvgIpc) is 2.77. The van der Waals surface area contributed by atoms with Crippen molar-refractivity contribution < 1.29 is 9.59 Å². The van der Waals surface area contributed by atoms with E-state index in [1.165, 1.54) is 0 Å². The first-order valence-electron chi connectivity index (χ1n) is 7.87. The summed E-state index contributed by atoms with van der Waals surface area (Å²) in [5, 5.41) is 0. The molecule has 1 aliphatic rings. The smallest absolute Gasteiger partial charge is 0.323 e. The van der Waals surface area contributed by atoms with Crippen LogP contribution in [-0.2, 0) is 4.79 Å². The fourth-order valence-electron chi connectivity index (χ4n) is 2.94. The van der Waals surface area contributed by atoms with Gasteiger partial charge in [0.1, 0.15) is 0 Å². The number of benzene rings is 1. The minimum Gasteiger partial charge on any atom is -0.341 e. The number of carbonyl (C=O) groups is 2. The lowest BCUT2D eigenvalue weighted by Gasteiger charge is -2.22. The van der Waals surface area contributed by atoms with E-state index >= 15 is 0 Å². The normalized spacial score (nSPS) is 15.7. The average molecular weight is 316 g/mol. The molecule has 7 heteroatoms. The Kier molecular flexibility index (Phi) is 4.18. The van der Waals surface area contributed by atoms with Crippen LogP contribution in [0.15, 0.2) is 23.0 Å². The van der Waals surface area contributed by atoms with Crippen molar-refractivity contribution >= 4 is 22.8 Å². The summed E-state index contributed by atoms with van der Waals surface area (Å²) in [5.41, 5.74) is 1.57. The molecule has 2 heterocycles. The summed E-state index contributed by atoms with van der Waals surface area (Å²) in [5.74, 6) is 0.0605. The maximum absolute atomic E-state index is 12.7. The van der Waals surface area contributed by atoms with Gasteiger partial charge >= 0.3 is 5.69 Å². The highest BCUT2D eigenvalue weighted by Crippen LogP contribution is 2.14. The minimum atomic E-state index is -0.284. The van der Waals surface area contributed by atoms with Gasteiger partial charge in [0.05, 0.1) is 11.0 Å². The second-order valence-corrected chi connectivity index (χ2v) is 5.72. The Morgan fingerprint density at radius 1 is 1.04 bits per heavy atom. The number of hydrogen-bond donors (Lipinski definition) is 2. The number of fused-ring (bicyclic) bond motifs is 1. The highest BCUT2D eigenvalue weighted by molar-refractivity contribution is 5.97. The summed E-state index contributed by atoms with van der Waals surface area (Å²) < 4.78 is 0. The number of nitrogens with one attached hydrogen (secondary N) is 2. The summed E-state index contributed by atoms with van der Waals surface area (Å²) in [6.07, 6.45) is 1.27. The monoisotopic (exact) mass is 316 g/mol. The van der Waals surface area contributed by atoms with Crippen molar-refractivity contribution in [3.63, 3.8) is 0 Å². The zero-order valence-electron chi connectivity index (χ0n) is 13.1. The highest BCUT2D eigenvalue weighted by Gasteiger charge is 2.22. The Balaban J connectivity index is 1.76. The zero-order valence-corrected chi connectivity index (χ0v) is 13.1. The molecule has 7 nitrogen and oxygen atoms in total. The topological polar surface area (TPSA) is 89.3 Å². The van der Waals surface area contributed by atoms with Crippen LogP contribution in [0.3, 0.4) is 0 Å². The van der Waals surface area contributed by atoms with E-state index in [1.54, 1.807) is 23.1 Å². The van der Waals surface area contributed by atoms with Gasteiger partial charge < -0.3 is 19.8 Å². The quantitative estimate of drug-likeness (QED) is 0.864. The third kappa shape index (κ3) is 3.13. The highest BCUT2D eigenvalue weighted by atomic mass is 16.2. The summed E-state index contributed by atoms with van der Waals surface area (Å²) in [7, 11) is 0. The van der Waals surface area contributed by atoms with Gasteiger partial charge in [-0.3, -0.25) is 9.59 Å². The minimum absolute atomic E-state index is 0.0697. The van der Waals surface area contributed by atoms with E-state index in [0.29, 0.717) is 49.2 Å². The summed E-state index contributed by atoms with van der Waals surface area (Å²) >= 11 is 0. The molecule has 2 aromatic rings. The Morgan fingerprint density at radius 2 is 1.74 bits per heavy atom. The number of rotatable bonds is 2. The third-order valence-corrected chi connectivity index (χ3v) is 4.20. The Bertz CT molecular complexity index is 792.